The zero-order valence-corrected chi connectivity index (χ0v) is 14.4. The van der Waals surface area contributed by atoms with Gasteiger partial charge in [0.05, 0.1) is 0 Å². The maximum absolute atomic E-state index is 11.8. The molecule has 0 saturated heterocycles. The Morgan fingerprint density at radius 2 is 1.75 bits per heavy atom. The van der Waals surface area contributed by atoms with E-state index in [1.54, 1.807) is 0 Å². The molecule has 8 heteroatoms. The zero-order valence-electron chi connectivity index (χ0n) is 14.4. The van der Waals surface area contributed by atoms with E-state index < -0.39 is 12.0 Å². The first-order valence-electron chi connectivity index (χ1n) is 8.56. The van der Waals surface area contributed by atoms with Crippen LogP contribution in [0.1, 0.15) is 71.1 Å². The molecule has 24 heavy (non-hydrogen) atoms. The summed E-state index contributed by atoms with van der Waals surface area (Å²) in [7, 11) is 0. The van der Waals surface area contributed by atoms with E-state index in [2.05, 4.69) is 22.3 Å². The van der Waals surface area contributed by atoms with Crippen LogP contribution in [0.5, 0.6) is 0 Å². The van der Waals surface area contributed by atoms with Gasteiger partial charge in [-0.3, -0.25) is 9.59 Å². The minimum atomic E-state index is -1.19. The molecule has 0 aliphatic rings. The van der Waals surface area contributed by atoms with E-state index in [0.29, 0.717) is 25.8 Å². The largest absolute Gasteiger partial charge is 0.480 e. The van der Waals surface area contributed by atoms with Crippen molar-refractivity contribution in [3.05, 3.63) is 10.4 Å². The summed E-state index contributed by atoms with van der Waals surface area (Å²) in [6.45, 7) is 2.47. The molecule has 0 saturated carbocycles. The van der Waals surface area contributed by atoms with Crippen LogP contribution in [0.2, 0.25) is 0 Å². The van der Waals surface area contributed by atoms with Crippen LogP contribution in [0.3, 0.4) is 0 Å². The lowest BCUT2D eigenvalue weighted by molar-refractivity contribution is -0.143. The molecule has 8 nitrogen and oxygen atoms in total. The number of nitrogens with zero attached hydrogens (tertiary/aromatic N) is 3. The Bertz CT molecular complexity index is 447. The van der Waals surface area contributed by atoms with Crippen molar-refractivity contribution in [1.82, 2.24) is 5.32 Å². The number of ketones is 1. The van der Waals surface area contributed by atoms with Gasteiger partial charge in [-0.05, 0) is 24.8 Å². The van der Waals surface area contributed by atoms with Gasteiger partial charge < -0.3 is 10.4 Å². The molecule has 0 aromatic rings. The SMILES string of the molecule is CCCCCCC(=O)C[C@H](NC(=O)CCCCCN=[N+]=[N-])C(=O)O. The molecule has 2 N–H and O–H groups in total. The normalized spacial score (nSPS) is 11.4. The van der Waals surface area contributed by atoms with Crippen molar-refractivity contribution >= 4 is 17.7 Å². The monoisotopic (exact) mass is 340 g/mol. The molecule has 0 aliphatic heterocycles. The maximum atomic E-state index is 11.8. The minimum Gasteiger partial charge on any atom is -0.480 e. The first-order valence-corrected chi connectivity index (χ1v) is 8.56. The molecule has 136 valence electrons. The third-order valence-corrected chi connectivity index (χ3v) is 3.60. The second-order valence-electron chi connectivity index (χ2n) is 5.78. The highest BCUT2D eigenvalue weighted by Crippen LogP contribution is 2.07. The van der Waals surface area contributed by atoms with E-state index in [9.17, 15) is 14.4 Å². The first kappa shape index (κ1) is 21.9. The molecule has 0 aromatic heterocycles. The number of carboxylic acid groups (broad SMARTS) is 1. The first-order chi connectivity index (χ1) is 11.5. The summed E-state index contributed by atoms with van der Waals surface area (Å²) >= 11 is 0. The minimum absolute atomic E-state index is 0.131. The number of carbonyl (C=O) groups excluding carboxylic acids is 2. The summed E-state index contributed by atoms with van der Waals surface area (Å²) in [5.74, 6) is -1.69. The van der Waals surface area contributed by atoms with Gasteiger partial charge in [0, 0.05) is 30.7 Å². The Morgan fingerprint density at radius 1 is 1.08 bits per heavy atom. The van der Waals surface area contributed by atoms with Crippen molar-refractivity contribution in [2.75, 3.05) is 6.54 Å². The van der Waals surface area contributed by atoms with Crippen LogP contribution in [-0.2, 0) is 14.4 Å². The molecule has 0 spiro atoms. The van der Waals surface area contributed by atoms with Gasteiger partial charge in [0.25, 0.3) is 0 Å². The van der Waals surface area contributed by atoms with Crippen molar-refractivity contribution in [3.63, 3.8) is 0 Å². The number of carboxylic acids is 1. The summed E-state index contributed by atoms with van der Waals surface area (Å²) in [4.78, 5) is 37.4. The Morgan fingerprint density at radius 3 is 2.38 bits per heavy atom. The number of unbranched alkanes of at least 4 members (excludes halogenated alkanes) is 5. The third-order valence-electron chi connectivity index (χ3n) is 3.60. The molecule has 0 fully saturated rings. The highest BCUT2D eigenvalue weighted by atomic mass is 16.4. The van der Waals surface area contributed by atoms with Crippen LogP contribution < -0.4 is 5.32 Å². The Hall–Kier alpha value is -2.08. The van der Waals surface area contributed by atoms with E-state index in [0.717, 1.165) is 32.1 Å². The number of carbonyl (C=O) groups is 3. The van der Waals surface area contributed by atoms with Crippen molar-refractivity contribution < 1.29 is 19.5 Å². The van der Waals surface area contributed by atoms with Crippen LogP contribution in [0.25, 0.3) is 10.4 Å². The Kier molecular flexibility index (Phi) is 13.3. The summed E-state index contributed by atoms with van der Waals surface area (Å²) in [5.41, 5.74) is 8.13. The molecular formula is C16H28N4O4. The molecule has 0 unspecified atom stereocenters. The van der Waals surface area contributed by atoms with Gasteiger partial charge in [0.15, 0.2) is 0 Å². The lowest BCUT2D eigenvalue weighted by Crippen LogP contribution is -2.42. The van der Waals surface area contributed by atoms with E-state index in [1.165, 1.54) is 0 Å². The predicted octanol–water partition coefficient (Wildman–Crippen LogP) is 3.36. The highest BCUT2D eigenvalue weighted by Gasteiger charge is 2.22. The number of hydrogen-bond acceptors (Lipinski definition) is 4. The number of amides is 1. The van der Waals surface area contributed by atoms with Crippen molar-refractivity contribution in [1.29, 1.82) is 0 Å². The average Bonchev–Trinajstić information content (AvgIpc) is 2.54. The van der Waals surface area contributed by atoms with Gasteiger partial charge in [-0.2, -0.15) is 0 Å². The van der Waals surface area contributed by atoms with Crippen LogP contribution in [0, 0.1) is 0 Å². The van der Waals surface area contributed by atoms with Crippen molar-refractivity contribution in [2.24, 2.45) is 5.11 Å². The Balaban J connectivity index is 4.04. The zero-order chi connectivity index (χ0) is 18.2. The molecule has 0 rings (SSSR count). The van der Waals surface area contributed by atoms with Gasteiger partial charge >= 0.3 is 5.97 Å². The summed E-state index contributed by atoms with van der Waals surface area (Å²) in [6, 6.07) is -1.15. The highest BCUT2D eigenvalue weighted by molar-refractivity contribution is 5.89. The van der Waals surface area contributed by atoms with E-state index in [1.807, 2.05) is 0 Å². The fourth-order valence-electron chi connectivity index (χ4n) is 2.23. The topological polar surface area (TPSA) is 132 Å². The van der Waals surface area contributed by atoms with Gasteiger partial charge in [0.2, 0.25) is 5.91 Å². The lowest BCUT2D eigenvalue weighted by Gasteiger charge is -2.14. The average molecular weight is 340 g/mol. The third kappa shape index (κ3) is 12.5. The van der Waals surface area contributed by atoms with Crippen LogP contribution in [-0.4, -0.2) is 35.4 Å². The van der Waals surface area contributed by atoms with Crippen LogP contribution in [0.15, 0.2) is 5.11 Å². The van der Waals surface area contributed by atoms with Gasteiger partial charge in [0.1, 0.15) is 11.8 Å². The standard InChI is InChI=1S/C16H28N4O4/c1-2-3-4-6-9-13(21)12-14(16(23)24)19-15(22)10-7-5-8-11-18-20-17/h14H,2-12H2,1H3,(H,19,22)(H,23,24)/t14-/m0/s1. The van der Waals surface area contributed by atoms with E-state index in [4.69, 9.17) is 10.6 Å². The summed E-state index contributed by atoms with van der Waals surface area (Å²) in [5, 5.41) is 14.9. The fourth-order valence-corrected chi connectivity index (χ4v) is 2.23. The molecule has 0 heterocycles. The molecule has 0 aromatic carbocycles. The second-order valence-corrected chi connectivity index (χ2v) is 5.78. The summed E-state index contributed by atoms with van der Waals surface area (Å²) < 4.78 is 0. The quantitative estimate of drug-likeness (QED) is 0.205. The van der Waals surface area contributed by atoms with Crippen LogP contribution in [0.4, 0.5) is 0 Å². The molecular weight excluding hydrogens is 312 g/mol. The van der Waals surface area contributed by atoms with Gasteiger partial charge in [-0.15, -0.1) is 0 Å². The second kappa shape index (κ2) is 14.5. The van der Waals surface area contributed by atoms with Crippen LogP contribution >= 0.6 is 0 Å². The number of hydrogen-bond donors (Lipinski definition) is 2. The van der Waals surface area contributed by atoms with Crippen molar-refractivity contribution in [3.8, 4) is 0 Å². The van der Waals surface area contributed by atoms with Gasteiger partial charge in [-0.1, -0.05) is 37.7 Å². The molecule has 1 atom stereocenters. The summed E-state index contributed by atoms with van der Waals surface area (Å²) in [6.07, 6.45) is 6.26. The number of rotatable bonds is 15. The number of azide groups is 1. The molecule has 0 radical (unpaired) electrons. The van der Waals surface area contributed by atoms with E-state index in [-0.39, 0.29) is 24.5 Å². The predicted molar refractivity (Wildman–Crippen MR) is 90.4 cm³/mol. The molecule has 0 bridgehead atoms. The maximum Gasteiger partial charge on any atom is 0.326 e. The molecule has 1 amide bonds. The van der Waals surface area contributed by atoms with Crippen molar-refractivity contribution in [2.45, 2.75) is 77.2 Å². The number of nitrogens with one attached hydrogen (secondary N) is 1. The fraction of sp³-hybridized carbons (Fsp3) is 0.812. The molecule has 0 aliphatic carbocycles. The Labute approximate surface area is 142 Å². The smallest absolute Gasteiger partial charge is 0.326 e. The van der Waals surface area contributed by atoms with E-state index >= 15 is 0 Å². The van der Waals surface area contributed by atoms with Gasteiger partial charge in [-0.25, -0.2) is 4.79 Å². The number of Topliss-reactive ketones (excluding diaryl/α,β-unsaturated/α-hetero) is 1. The lowest BCUT2D eigenvalue weighted by atomic mass is 10.0. The number of aliphatic carboxylic acids is 1.